The average molecular weight is 253 g/mol. The Morgan fingerprint density at radius 3 is 2.89 bits per heavy atom. The van der Waals surface area contributed by atoms with Gasteiger partial charge in [-0.25, -0.2) is 4.98 Å². The lowest BCUT2D eigenvalue weighted by molar-refractivity contribution is 0.0985. The van der Waals surface area contributed by atoms with Gasteiger partial charge in [-0.1, -0.05) is 18.2 Å². The summed E-state index contributed by atoms with van der Waals surface area (Å²) < 4.78 is 0. The van der Waals surface area contributed by atoms with Gasteiger partial charge in [0.2, 0.25) is 0 Å². The molecule has 0 spiro atoms. The second kappa shape index (κ2) is 4.72. The van der Waals surface area contributed by atoms with Crippen molar-refractivity contribution < 1.29 is 4.79 Å². The van der Waals surface area contributed by atoms with Crippen LogP contribution in [0.2, 0.25) is 0 Å². The summed E-state index contributed by atoms with van der Waals surface area (Å²) >= 11 is 0. The number of anilines is 2. The highest BCUT2D eigenvalue weighted by atomic mass is 16.2. The minimum atomic E-state index is -0.0715. The predicted molar refractivity (Wildman–Crippen MR) is 75.1 cm³/mol. The fourth-order valence-electron chi connectivity index (χ4n) is 2.49. The molecule has 1 aromatic heterocycles. The van der Waals surface area contributed by atoms with Crippen LogP contribution in [0.1, 0.15) is 22.3 Å². The van der Waals surface area contributed by atoms with E-state index in [0.29, 0.717) is 5.56 Å². The van der Waals surface area contributed by atoms with Gasteiger partial charge in [-0.15, -0.1) is 0 Å². The summed E-state index contributed by atoms with van der Waals surface area (Å²) in [7, 11) is 0. The Bertz CT molecular complexity index is 624. The van der Waals surface area contributed by atoms with Crippen molar-refractivity contribution in [1.82, 2.24) is 4.98 Å². The Labute approximate surface area is 111 Å². The normalized spacial score (nSPS) is 14.0. The van der Waals surface area contributed by atoms with E-state index in [2.05, 4.69) is 11.1 Å². The maximum atomic E-state index is 12.6. The van der Waals surface area contributed by atoms with Crippen LogP contribution in [-0.2, 0) is 6.42 Å². The molecule has 0 bridgehead atoms. The maximum Gasteiger partial charge on any atom is 0.262 e. The summed E-state index contributed by atoms with van der Waals surface area (Å²) in [4.78, 5) is 18.4. The zero-order valence-electron chi connectivity index (χ0n) is 10.5. The molecule has 4 nitrogen and oxygen atoms in total. The van der Waals surface area contributed by atoms with E-state index in [9.17, 15) is 4.79 Å². The molecular formula is C15H15N3O. The number of hydrogen-bond acceptors (Lipinski definition) is 3. The summed E-state index contributed by atoms with van der Waals surface area (Å²) in [6.07, 6.45) is 3.58. The summed E-state index contributed by atoms with van der Waals surface area (Å²) in [5.41, 5.74) is 8.46. The fraction of sp³-hybridized carbons (Fsp3) is 0.200. The van der Waals surface area contributed by atoms with Gasteiger partial charge in [-0.05, 0) is 36.6 Å². The standard InChI is InChI=1S/C15H15N3O/c16-14-12(7-3-9-17-14)15(19)18-10-4-6-11-5-1-2-8-13(11)18/h1-3,5,7-9H,4,6,10H2,(H2,16,17). The largest absolute Gasteiger partial charge is 0.383 e. The molecule has 2 aromatic rings. The topological polar surface area (TPSA) is 59.2 Å². The first-order valence-electron chi connectivity index (χ1n) is 6.37. The molecule has 3 rings (SSSR count). The van der Waals surface area contributed by atoms with Crippen LogP contribution in [0.5, 0.6) is 0 Å². The van der Waals surface area contributed by atoms with Gasteiger partial charge < -0.3 is 10.6 Å². The number of nitrogens with zero attached hydrogens (tertiary/aromatic N) is 2. The van der Waals surface area contributed by atoms with Crippen molar-refractivity contribution in [2.75, 3.05) is 17.2 Å². The number of pyridine rings is 1. The van der Waals surface area contributed by atoms with Crippen molar-refractivity contribution >= 4 is 17.4 Å². The molecule has 96 valence electrons. The van der Waals surface area contributed by atoms with Crippen molar-refractivity contribution in [2.24, 2.45) is 0 Å². The van der Waals surface area contributed by atoms with Gasteiger partial charge in [0.05, 0.1) is 5.56 Å². The number of para-hydroxylation sites is 1. The van der Waals surface area contributed by atoms with E-state index in [-0.39, 0.29) is 11.7 Å². The molecular weight excluding hydrogens is 238 g/mol. The Morgan fingerprint density at radius 1 is 1.21 bits per heavy atom. The summed E-state index contributed by atoms with van der Waals surface area (Å²) in [5, 5.41) is 0. The van der Waals surface area contributed by atoms with Crippen LogP contribution in [0.25, 0.3) is 0 Å². The maximum absolute atomic E-state index is 12.6. The number of nitrogens with two attached hydrogens (primary N) is 1. The number of fused-ring (bicyclic) bond motifs is 1. The van der Waals surface area contributed by atoms with Crippen LogP contribution in [-0.4, -0.2) is 17.4 Å². The Kier molecular flexibility index (Phi) is 2.91. The van der Waals surface area contributed by atoms with Crippen molar-refractivity contribution in [1.29, 1.82) is 0 Å². The van der Waals surface area contributed by atoms with Crippen molar-refractivity contribution in [3.63, 3.8) is 0 Å². The van der Waals surface area contributed by atoms with Gasteiger partial charge in [0.25, 0.3) is 5.91 Å². The molecule has 2 heterocycles. The third-order valence-corrected chi connectivity index (χ3v) is 3.42. The minimum Gasteiger partial charge on any atom is -0.383 e. The smallest absolute Gasteiger partial charge is 0.262 e. The number of hydrogen-bond donors (Lipinski definition) is 1. The second-order valence-corrected chi connectivity index (χ2v) is 4.63. The molecule has 0 unspecified atom stereocenters. The lowest BCUT2D eigenvalue weighted by Crippen LogP contribution is -2.35. The quantitative estimate of drug-likeness (QED) is 0.848. The first-order valence-corrected chi connectivity index (χ1v) is 6.37. The lowest BCUT2D eigenvalue weighted by Gasteiger charge is -2.29. The van der Waals surface area contributed by atoms with Crippen molar-refractivity contribution in [3.05, 3.63) is 53.7 Å². The van der Waals surface area contributed by atoms with Gasteiger partial charge in [0.15, 0.2) is 0 Å². The zero-order chi connectivity index (χ0) is 13.2. The third kappa shape index (κ3) is 2.05. The highest BCUT2D eigenvalue weighted by Crippen LogP contribution is 2.28. The van der Waals surface area contributed by atoms with Crippen LogP contribution in [0, 0.1) is 0 Å². The fourth-order valence-corrected chi connectivity index (χ4v) is 2.49. The third-order valence-electron chi connectivity index (χ3n) is 3.42. The summed E-state index contributed by atoms with van der Waals surface area (Å²) in [6.45, 7) is 0.726. The molecule has 19 heavy (non-hydrogen) atoms. The van der Waals surface area contributed by atoms with E-state index in [1.807, 2.05) is 18.2 Å². The zero-order valence-corrected chi connectivity index (χ0v) is 10.5. The van der Waals surface area contributed by atoms with Crippen LogP contribution in [0.15, 0.2) is 42.6 Å². The first-order chi connectivity index (χ1) is 9.27. The van der Waals surface area contributed by atoms with E-state index < -0.39 is 0 Å². The SMILES string of the molecule is Nc1ncccc1C(=O)N1CCCc2ccccc21. The van der Waals surface area contributed by atoms with E-state index >= 15 is 0 Å². The van der Waals surface area contributed by atoms with E-state index in [4.69, 9.17) is 5.73 Å². The van der Waals surface area contributed by atoms with Crippen LogP contribution >= 0.6 is 0 Å². The van der Waals surface area contributed by atoms with Crippen LogP contribution in [0.3, 0.4) is 0 Å². The number of carbonyl (C=O) groups is 1. The Morgan fingerprint density at radius 2 is 2.05 bits per heavy atom. The molecule has 0 atom stereocenters. The summed E-state index contributed by atoms with van der Waals surface area (Å²) in [6, 6.07) is 11.5. The number of aromatic nitrogens is 1. The number of benzene rings is 1. The van der Waals surface area contributed by atoms with E-state index in [0.717, 1.165) is 25.1 Å². The monoisotopic (exact) mass is 253 g/mol. The second-order valence-electron chi connectivity index (χ2n) is 4.63. The van der Waals surface area contributed by atoms with Gasteiger partial charge >= 0.3 is 0 Å². The van der Waals surface area contributed by atoms with E-state index in [1.165, 1.54) is 5.56 Å². The number of rotatable bonds is 1. The van der Waals surface area contributed by atoms with Crippen LogP contribution < -0.4 is 10.6 Å². The molecule has 0 saturated carbocycles. The molecule has 1 amide bonds. The van der Waals surface area contributed by atoms with Crippen molar-refractivity contribution in [2.45, 2.75) is 12.8 Å². The molecule has 1 aliphatic rings. The number of carbonyl (C=O) groups excluding carboxylic acids is 1. The average Bonchev–Trinajstić information content (AvgIpc) is 2.46. The molecule has 0 aliphatic carbocycles. The molecule has 1 aliphatic heterocycles. The van der Waals surface area contributed by atoms with Crippen LogP contribution in [0.4, 0.5) is 11.5 Å². The number of amides is 1. The van der Waals surface area contributed by atoms with Gasteiger partial charge in [-0.2, -0.15) is 0 Å². The lowest BCUT2D eigenvalue weighted by atomic mass is 10.0. The predicted octanol–water partition coefficient (Wildman–Crippen LogP) is 2.26. The minimum absolute atomic E-state index is 0.0715. The summed E-state index contributed by atoms with van der Waals surface area (Å²) in [5.74, 6) is 0.216. The van der Waals surface area contributed by atoms with Gasteiger partial charge in [0, 0.05) is 18.4 Å². The number of nitrogen functional groups attached to an aromatic ring is 1. The number of aryl methyl sites for hydroxylation is 1. The Hall–Kier alpha value is -2.36. The molecule has 0 radical (unpaired) electrons. The highest BCUT2D eigenvalue weighted by molar-refractivity contribution is 6.09. The molecule has 0 saturated heterocycles. The van der Waals surface area contributed by atoms with Gasteiger partial charge in [0.1, 0.15) is 5.82 Å². The van der Waals surface area contributed by atoms with E-state index in [1.54, 1.807) is 23.2 Å². The highest BCUT2D eigenvalue weighted by Gasteiger charge is 2.24. The molecule has 0 fully saturated rings. The first kappa shape index (κ1) is 11.7. The Balaban J connectivity index is 2.00. The van der Waals surface area contributed by atoms with Gasteiger partial charge in [-0.3, -0.25) is 4.79 Å². The molecule has 1 aromatic carbocycles. The molecule has 2 N–H and O–H groups in total. The van der Waals surface area contributed by atoms with Crippen molar-refractivity contribution in [3.8, 4) is 0 Å². The molecule has 4 heteroatoms.